The van der Waals surface area contributed by atoms with Crippen LogP contribution in [0.3, 0.4) is 0 Å². The number of nitrogen functional groups attached to an aromatic ring is 1. The smallest absolute Gasteiger partial charge is 0.384 e. The van der Waals surface area contributed by atoms with Crippen molar-refractivity contribution in [1.82, 2.24) is 9.55 Å². The summed E-state index contributed by atoms with van der Waals surface area (Å²) in [6.07, 6.45) is -5.65. The fourth-order valence-corrected chi connectivity index (χ4v) is 5.09. The van der Waals surface area contributed by atoms with Crippen molar-refractivity contribution < 1.29 is 36.8 Å². The first-order valence-corrected chi connectivity index (χ1v) is 11.8. The third-order valence-corrected chi connectivity index (χ3v) is 7.30. The molecule has 5 atom stereocenters. The van der Waals surface area contributed by atoms with E-state index in [1.54, 1.807) is 12.1 Å². The largest absolute Gasteiger partial charge is 0.475 e. The molecule has 4 rings (SSSR count). The first kappa shape index (κ1) is 24.5. The highest BCUT2D eigenvalue weighted by molar-refractivity contribution is 7.48. The number of nitrogens with two attached hydrogens (primary N) is 1. The van der Waals surface area contributed by atoms with Crippen LogP contribution in [0.15, 0.2) is 35.3 Å². The number of aliphatic hydroxyl groups excluding tert-OH is 1. The van der Waals surface area contributed by atoms with Crippen molar-refractivity contribution in [3.05, 3.63) is 56.6 Å². The molecule has 1 aromatic carbocycles. The summed E-state index contributed by atoms with van der Waals surface area (Å²) in [4.78, 5) is 15.3. The third kappa shape index (κ3) is 4.94. The van der Waals surface area contributed by atoms with E-state index in [2.05, 4.69) is 4.98 Å². The van der Waals surface area contributed by atoms with E-state index in [4.69, 9.17) is 47.2 Å². The number of rotatable bonds is 5. The molecule has 0 amide bonds. The molecule has 2 saturated heterocycles. The molecule has 2 aliphatic rings. The highest BCUT2D eigenvalue weighted by Gasteiger charge is 2.60. The summed E-state index contributed by atoms with van der Waals surface area (Å²) in [7, 11) is -4.20. The van der Waals surface area contributed by atoms with Gasteiger partial charge < -0.3 is 15.6 Å². The van der Waals surface area contributed by atoms with Crippen molar-refractivity contribution >= 4 is 36.8 Å². The second-order valence-corrected chi connectivity index (χ2v) is 9.76. The van der Waals surface area contributed by atoms with E-state index in [0.29, 0.717) is 21.6 Å². The molecule has 0 unspecified atom stereocenters. The van der Waals surface area contributed by atoms with Gasteiger partial charge in [0.15, 0.2) is 6.10 Å². The molecule has 2 aromatic rings. The van der Waals surface area contributed by atoms with Crippen molar-refractivity contribution in [2.24, 2.45) is 0 Å². The maximum absolute atomic E-state index is 14.6. The van der Waals surface area contributed by atoms with Crippen LogP contribution in [0.4, 0.5) is 14.6 Å². The second kappa shape index (κ2) is 9.20. The predicted octanol–water partition coefficient (Wildman–Crippen LogP) is 3.33. The van der Waals surface area contributed by atoms with Crippen LogP contribution in [-0.4, -0.2) is 46.0 Å². The van der Waals surface area contributed by atoms with Crippen molar-refractivity contribution in [1.29, 1.82) is 0 Å². The lowest BCUT2D eigenvalue weighted by Crippen LogP contribution is -2.42. The van der Waals surface area contributed by atoms with Gasteiger partial charge in [0.2, 0.25) is 6.23 Å². The standard InChI is InChI=1S/C18H18Cl2F2N3O7P/c19-10-2-1-9(7-11(10)20)12-4-6-29-33(28,32-12)30-8-13-15(26)18(21,22)16(31-13)25-5-3-14(23)24-17(25)27/h1-3,5,7,12-13,15-16,26H,4,6,8H2,(H2,23,24,27)/t12-,13-,15-,16-,33+/m1/s1. The van der Waals surface area contributed by atoms with Crippen molar-refractivity contribution in [2.45, 2.75) is 36.9 Å². The minimum Gasteiger partial charge on any atom is -0.384 e. The Bertz CT molecular complexity index is 1150. The van der Waals surface area contributed by atoms with E-state index in [1.165, 1.54) is 6.07 Å². The minimum absolute atomic E-state index is 0.0123. The summed E-state index contributed by atoms with van der Waals surface area (Å²) >= 11 is 11.9. The minimum atomic E-state index is -4.20. The maximum atomic E-state index is 14.6. The van der Waals surface area contributed by atoms with Gasteiger partial charge in [-0.1, -0.05) is 29.3 Å². The molecule has 3 heterocycles. The first-order valence-electron chi connectivity index (χ1n) is 9.58. The molecule has 0 aliphatic carbocycles. The molecule has 0 spiro atoms. The SMILES string of the molecule is Nc1ccn([C@@H]2O[C@H](CO[P@]3(=O)OCC[C@H](c4ccc(Cl)c(Cl)c4)O3)[C@@H](O)C2(F)F)c(=O)n1. The fraction of sp³-hybridized carbons (Fsp3) is 0.444. The Kier molecular flexibility index (Phi) is 6.83. The number of halogens is 4. The first-order chi connectivity index (χ1) is 15.5. The van der Waals surface area contributed by atoms with Crippen LogP contribution in [0, 0.1) is 0 Å². The van der Waals surface area contributed by atoms with Crippen molar-refractivity contribution in [3.8, 4) is 0 Å². The van der Waals surface area contributed by atoms with Gasteiger partial charge in [0.05, 0.1) is 29.4 Å². The predicted molar refractivity (Wildman–Crippen MR) is 112 cm³/mol. The van der Waals surface area contributed by atoms with Gasteiger partial charge in [-0.2, -0.15) is 13.8 Å². The van der Waals surface area contributed by atoms with Gasteiger partial charge in [0.25, 0.3) is 0 Å². The quantitative estimate of drug-likeness (QED) is 0.561. The zero-order valence-electron chi connectivity index (χ0n) is 16.6. The lowest BCUT2D eigenvalue weighted by molar-refractivity contribution is -0.140. The molecule has 2 fully saturated rings. The van der Waals surface area contributed by atoms with Crippen molar-refractivity contribution in [2.75, 3.05) is 18.9 Å². The summed E-state index contributed by atoms with van der Waals surface area (Å²) in [5.74, 6) is -4.06. The summed E-state index contributed by atoms with van der Waals surface area (Å²) in [5.41, 5.74) is 4.84. The average Bonchev–Trinajstić information content (AvgIpc) is 2.98. The third-order valence-electron chi connectivity index (χ3n) is 5.08. The summed E-state index contributed by atoms with van der Waals surface area (Å²) in [5, 5.41) is 10.7. The molecule has 0 saturated carbocycles. The number of benzene rings is 1. The number of hydrogen-bond donors (Lipinski definition) is 2. The van der Waals surface area contributed by atoms with Gasteiger partial charge in [-0.15, -0.1) is 0 Å². The second-order valence-electron chi connectivity index (χ2n) is 7.32. The van der Waals surface area contributed by atoms with Crippen LogP contribution in [0.2, 0.25) is 10.0 Å². The Hall–Kier alpha value is -1.63. The number of phosphoric ester groups is 1. The van der Waals surface area contributed by atoms with Crippen LogP contribution in [-0.2, 0) is 22.9 Å². The Morgan fingerprint density at radius 1 is 1.33 bits per heavy atom. The molecule has 1 aromatic heterocycles. The van der Waals surface area contributed by atoms with Crippen LogP contribution in [0.5, 0.6) is 0 Å². The molecule has 33 heavy (non-hydrogen) atoms. The number of nitrogens with zero attached hydrogens (tertiary/aromatic N) is 2. The van der Waals surface area contributed by atoms with E-state index in [0.717, 1.165) is 12.3 Å². The number of aliphatic hydroxyl groups is 1. The number of hydrogen-bond acceptors (Lipinski definition) is 9. The zero-order valence-corrected chi connectivity index (χ0v) is 19.1. The molecule has 0 bridgehead atoms. The topological polar surface area (TPSA) is 135 Å². The van der Waals surface area contributed by atoms with E-state index in [1.807, 2.05) is 0 Å². The van der Waals surface area contributed by atoms with E-state index in [9.17, 15) is 23.2 Å². The van der Waals surface area contributed by atoms with Gasteiger partial charge in [-0.05, 0) is 23.8 Å². The fourth-order valence-electron chi connectivity index (χ4n) is 3.39. The van der Waals surface area contributed by atoms with E-state index < -0.39 is 50.6 Å². The van der Waals surface area contributed by atoms with Crippen LogP contribution in [0.25, 0.3) is 0 Å². The molecule has 10 nitrogen and oxygen atoms in total. The lowest BCUT2D eigenvalue weighted by Gasteiger charge is -2.30. The van der Waals surface area contributed by atoms with Gasteiger partial charge in [-0.3, -0.25) is 18.1 Å². The molecular weight excluding hydrogens is 510 g/mol. The molecule has 2 aliphatic heterocycles. The van der Waals surface area contributed by atoms with Crippen molar-refractivity contribution in [3.63, 3.8) is 0 Å². The average molecular weight is 528 g/mol. The summed E-state index contributed by atoms with van der Waals surface area (Å²) in [6, 6.07) is 5.84. The number of alkyl halides is 2. The highest BCUT2D eigenvalue weighted by atomic mass is 35.5. The number of aromatic nitrogens is 2. The highest BCUT2D eigenvalue weighted by Crippen LogP contribution is 2.57. The van der Waals surface area contributed by atoms with Gasteiger partial charge in [0, 0.05) is 12.6 Å². The summed E-state index contributed by atoms with van der Waals surface area (Å²) < 4.78 is 63.6. The summed E-state index contributed by atoms with van der Waals surface area (Å²) in [6.45, 7) is -0.780. The van der Waals surface area contributed by atoms with Crippen LogP contribution < -0.4 is 11.4 Å². The number of phosphoric acid groups is 1. The molecule has 3 N–H and O–H groups in total. The molecule has 180 valence electrons. The van der Waals surface area contributed by atoms with E-state index in [-0.39, 0.29) is 17.4 Å². The molecule has 15 heteroatoms. The number of anilines is 1. The van der Waals surface area contributed by atoms with Gasteiger partial charge in [0.1, 0.15) is 11.9 Å². The number of ether oxygens (including phenoxy) is 1. The Balaban J connectivity index is 1.46. The Morgan fingerprint density at radius 2 is 2.09 bits per heavy atom. The monoisotopic (exact) mass is 527 g/mol. The van der Waals surface area contributed by atoms with Crippen LogP contribution in [0.1, 0.15) is 24.3 Å². The van der Waals surface area contributed by atoms with Crippen LogP contribution >= 0.6 is 31.0 Å². The normalized spacial score (nSPS) is 31.5. The van der Waals surface area contributed by atoms with Gasteiger partial charge in [-0.25, -0.2) is 9.36 Å². The van der Waals surface area contributed by atoms with Gasteiger partial charge >= 0.3 is 19.4 Å². The Labute approximate surface area is 195 Å². The zero-order chi connectivity index (χ0) is 24.0. The van der Waals surface area contributed by atoms with E-state index >= 15 is 0 Å². The lowest BCUT2D eigenvalue weighted by atomic mass is 10.1. The molecular formula is C18H18Cl2F2N3O7P. The maximum Gasteiger partial charge on any atom is 0.475 e. The Morgan fingerprint density at radius 3 is 2.79 bits per heavy atom. The molecule has 0 radical (unpaired) electrons.